The molecular formula is C13H21N3O. The molecule has 2 rings (SSSR count). The van der Waals surface area contributed by atoms with Crippen molar-refractivity contribution in [3.8, 4) is 0 Å². The number of piperazine rings is 1. The predicted molar refractivity (Wildman–Crippen MR) is 70.0 cm³/mol. The van der Waals surface area contributed by atoms with E-state index in [4.69, 9.17) is 4.74 Å². The Kier molecular flexibility index (Phi) is 4.20. The molecular weight excluding hydrogens is 214 g/mol. The third-order valence-electron chi connectivity index (χ3n) is 3.21. The van der Waals surface area contributed by atoms with Gasteiger partial charge in [-0.25, -0.2) is 4.99 Å². The second kappa shape index (κ2) is 5.87. The normalized spacial score (nSPS) is 21.3. The van der Waals surface area contributed by atoms with Gasteiger partial charge >= 0.3 is 0 Å². The molecule has 0 atom stereocenters. The van der Waals surface area contributed by atoms with E-state index in [9.17, 15) is 0 Å². The molecule has 1 fully saturated rings. The Morgan fingerprint density at radius 2 is 2.18 bits per heavy atom. The Morgan fingerprint density at radius 3 is 2.82 bits per heavy atom. The number of hydrogen-bond acceptors (Lipinski definition) is 4. The lowest BCUT2D eigenvalue weighted by atomic mass is 10.1. The third kappa shape index (κ3) is 2.88. The summed E-state index contributed by atoms with van der Waals surface area (Å²) in [5, 5.41) is 3.35. The van der Waals surface area contributed by atoms with E-state index in [0.29, 0.717) is 0 Å². The lowest BCUT2D eigenvalue weighted by Crippen LogP contribution is -2.42. The Balaban J connectivity index is 2.26. The van der Waals surface area contributed by atoms with E-state index in [-0.39, 0.29) is 0 Å². The van der Waals surface area contributed by atoms with Crippen LogP contribution in [0.1, 0.15) is 19.8 Å². The minimum atomic E-state index is 0.900. The molecule has 0 spiro atoms. The molecule has 2 heterocycles. The van der Waals surface area contributed by atoms with Gasteiger partial charge in [-0.2, -0.15) is 0 Å². The molecule has 0 aromatic carbocycles. The number of allylic oxidation sites excluding steroid dienone is 2. The van der Waals surface area contributed by atoms with Gasteiger partial charge in [0.1, 0.15) is 0 Å². The lowest BCUT2D eigenvalue weighted by Gasteiger charge is -2.29. The van der Waals surface area contributed by atoms with Gasteiger partial charge in [-0.3, -0.25) is 0 Å². The van der Waals surface area contributed by atoms with Crippen molar-refractivity contribution in [1.82, 2.24) is 10.2 Å². The summed E-state index contributed by atoms with van der Waals surface area (Å²) >= 11 is 0. The quantitative estimate of drug-likeness (QED) is 0.806. The van der Waals surface area contributed by atoms with Crippen molar-refractivity contribution >= 4 is 6.21 Å². The summed E-state index contributed by atoms with van der Waals surface area (Å²) in [5.74, 6) is 1.88. The van der Waals surface area contributed by atoms with Gasteiger partial charge in [-0.1, -0.05) is 12.5 Å². The minimum Gasteiger partial charge on any atom is -0.493 e. The molecule has 4 nitrogen and oxygen atoms in total. The smallest absolute Gasteiger partial charge is 0.171 e. The predicted octanol–water partition coefficient (Wildman–Crippen LogP) is 1.52. The molecule has 17 heavy (non-hydrogen) atoms. The van der Waals surface area contributed by atoms with Crippen LogP contribution in [-0.2, 0) is 4.74 Å². The third-order valence-corrected chi connectivity index (χ3v) is 3.21. The number of nitrogens with zero attached hydrogens (tertiary/aromatic N) is 2. The first-order valence-corrected chi connectivity index (χ1v) is 6.31. The number of hydrogen-bond donors (Lipinski definition) is 1. The van der Waals surface area contributed by atoms with E-state index in [1.807, 2.05) is 6.21 Å². The molecule has 2 aliphatic heterocycles. The monoisotopic (exact) mass is 235 g/mol. The molecule has 0 saturated carbocycles. The summed E-state index contributed by atoms with van der Waals surface area (Å²) in [6.45, 7) is 6.19. The summed E-state index contributed by atoms with van der Waals surface area (Å²) in [6, 6.07) is 0. The average molecular weight is 235 g/mol. The summed E-state index contributed by atoms with van der Waals surface area (Å²) in [5.41, 5.74) is 1.37. The second-order valence-electron chi connectivity index (χ2n) is 4.30. The highest BCUT2D eigenvalue weighted by Gasteiger charge is 2.17. The SMILES string of the molecule is CCC1=CC(OC)=C(N2CCNCC2)N=CC1. The second-order valence-corrected chi connectivity index (χ2v) is 4.30. The molecule has 4 heteroatoms. The van der Waals surface area contributed by atoms with Crippen molar-refractivity contribution in [2.24, 2.45) is 4.99 Å². The van der Waals surface area contributed by atoms with Gasteiger partial charge in [0, 0.05) is 38.8 Å². The van der Waals surface area contributed by atoms with Crippen molar-refractivity contribution in [2.45, 2.75) is 19.8 Å². The molecule has 0 aliphatic carbocycles. The van der Waals surface area contributed by atoms with Crippen LogP contribution in [0.5, 0.6) is 0 Å². The van der Waals surface area contributed by atoms with E-state index in [1.165, 1.54) is 5.57 Å². The van der Waals surface area contributed by atoms with E-state index < -0.39 is 0 Å². The van der Waals surface area contributed by atoms with Crippen LogP contribution in [0.25, 0.3) is 0 Å². The highest BCUT2D eigenvalue weighted by Crippen LogP contribution is 2.21. The maximum absolute atomic E-state index is 5.50. The molecule has 94 valence electrons. The number of nitrogens with one attached hydrogen (secondary N) is 1. The summed E-state index contributed by atoms with van der Waals surface area (Å²) in [7, 11) is 1.72. The van der Waals surface area contributed by atoms with E-state index >= 15 is 0 Å². The van der Waals surface area contributed by atoms with Gasteiger partial charge in [0.15, 0.2) is 11.6 Å². The number of aliphatic imine (C=N–C) groups is 1. The van der Waals surface area contributed by atoms with Gasteiger partial charge in [0.2, 0.25) is 0 Å². The first-order chi connectivity index (χ1) is 8.35. The van der Waals surface area contributed by atoms with Crippen LogP contribution in [0, 0.1) is 0 Å². The van der Waals surface area contributed by atoms with E-state index in [0.717, 1.165) is 50.6 Å². The first-order valence-electron chi connectivity index (χ1n) is 6.31. The molecule has 2 aliphatic rings. The van der Waals surface area contributed by atoms with Crippen LogP contribution in [0.15, 0.2) is 28.2 Å². The van der Waals surface area contributed by atoms with Crippen molar-refractivity contribution in [3.05, 3.63) is 23.2 Å². The standard InChI is InChI=1S/C13H21N3O/c1-3-11-4-5-15-13(12(10-11)17-2)16-8-6-14-7-9-16/h5,10,14H,3-4,6-9H2,1-2H3. The van der Waals surface area contributed by atoms with Crippen molar-refractivity contribution < 1.29 is 4.74 Å². The molecule has 0 aromatic rings. The fourth-order valence-corrected chi connectivity index (χ4v) is 2.13. The molecule has 0 aromatic heterocycles. The highest BCUT2D eigenvalue weighted by molar-refractivity contribution is 5.64. The average Bonchev–Trinajstić information content (AvgIpc) is 2.61. The van der Waals surface area contributed by atoms with Crippen LogP contribution in [-0.4, -0.2) is 44.4 Å². The summed E-state index contributed by atoms with van der Waals surface area (Å²) in [6.07, 6.45) is 6.12. The van der Waals surface area contributed by atoms with Crippen LogP contribution >= 0.6 is 0 Å². The summed E-state index contributed by atoms with van der Waals surface area (Å²) in [4.78, 5) is 6.87. The van der Waals surface area contributed by atoms with Crippen LogP contribution < -0.4 is 5.32 Å². The van der Waals surface area contributed by atoms with Gasteiger partial charge in [-0.05, 0) is 12.5 Å². The Morgan fingerprint density at radius 1 is 1.41 bits per heavy atom. The van der Waals surface area contributed by atoms with Gasteiger partial charge in [-0.15, -0.1) is 0 Å². The fourth-order valence-electron chi connectivity index (χ4n) is 2.13. The van der Waals surface area contributed by atoms with E-state index in [2.05, 4.69) is 28.2 Å². The van der Waals surface area contributed by atoms with E-state index in [1.54, 1.807) is 7.11 Å². The number of ether oxygens (including phenoxy) is 1. The molecule has 1 N–H and O–H groups in total. The molecule has 1 saturated heterocycles. The van der Waals surface area contributed by atoms with Crippen molar-refractivity contribution in [2.75, 3.05) is 33.3 Å². The van der Waals surface area contributed by atoms with Crippen LogP contribution in [0.4, 0.5) is 0 Å². The molecule has 0 unspecified atom stereocenters. The maximum atomic E-state index is 5.50. The Labute approximate surface area is 103 Å². The topological polar surface area (TPSA) is 36.9 Å². The van der Waals surface area contributed by atoms with Gasteiger partial charge in [0.25, 0.3) is 0 Å². The van der Waals surface area contributed by atoms with Crippen LogP contribution in [0.3, 0.4) is 0 Å². The number of methoxy groups -OCH3 is 1. The maximum Gasteiger partial charge on any atom is 0.171 e. The zero-order valence-electron chi connectivity index (χ0n) is 10.7. The zero-order chi connectivity index (χ0) is 12.1. The Hall–Kier alpha value is -1.29. The lowest BCUT2D eigenvalue weighted by molar-refractivity contribution is 0.249. The van der Waals surface area contributed by atoms with Gasteiger partial charge < -0.3 is 15.0 Å². The first kappa shape index (κ1) is 12.2. The van der Waals surface area contributed by atoms with Crippen molar-refractivity contribution in [1.29, 1.82) is 0 Å². The molecule has 0 amide bonds. The molecule has 0 bridgehead atoms. The largest absolute Gasteiger partial charge is 0.493 e. The summed E-state index contributed by atoms with van der Waals surface area (Å²) < 4.78 is 5.50. The molecule has 0 radical (unpaired) electrons. The number of rotatable bonds is 3. The zero-order valence-corrected chi connectivity index (χ0v) is 10.7. The van der Waals surface area contributed by atoms with Gasteiger partial charge in [0.05, 0.1) is 7.11 Å². The minimum absolute atomic E-state index is 0.900. The Bertz CT molecular complexity index is 352. The van der Waals surface area contributed by atoms with Crippen LogP contribution in [0.2, 0.25) is 0 Å². The highest BCUT2D eigenvalue weighted by atomic mass is 16.5. The van der Waals surface area contributed by atoms with Crippen molar-refractivity contribution in [3.63, 3.8) is 0 Å². The fraction of sp³-hybridized carbons (Fsp3) is 0.615.